The van der Waals surface area contributed by atoms with E-state index in [4.69, 9.17) is 9.47 Å². The number of para-hydroxylation sites is 1. The van der Waals surface area contributed by atoms with Gasteiger partial charge in [-0.05, 0) is 62.4 Å². The summed E-state index contributed by atoms with van der Waals surface area (Å²) >= 11 is 0. The Balaban J connectivity index is 1.27. The predicted molar refractivity (Wildman–Crippen MR) is 142 cm³/mol. The van der Waals surface area contributed by atoms with Crippen molar-refractivity contribution in [2.75, 3.05) is 25.1 Å². The van der Waals surface area contributed by atoms with E-state index in [0.29, 0.717) is 18.0 Å². The molecule has 0 unspecified atom stereocenters. The lowest BCUT2D eigenvalue weighted by Gasteiger charge is -2.09. The quantitative estimate of drug-likeness (QED) is 0.287. The largest absolute Gasteiger partial charge is 0.494 e. The highest BCUT2D eigenvalue weighted by molar-refractivity contribution is 7.89. The van der Waals surface area contributed by atoms with Crippen LogP contribution >= 0.6 is 0 Å². The lowest BCUT2D eigenvalue weighted by Crippen LogP contribution is -2.28. The van der Waals surface area contributed by atoms with Crippen LogP contribution in [0.25, 0.3) is 21.8 Å². The average Bonchev–Trinajstić information content (AvgIpc) is 3.21. The topological polar surface area (TPSA) is 116 Å². The Morgan fingerprint density at radius 2 is 1.65 bits per heavy atom. The summed E-state index contributed by atoms with van der Waals surface area (Å²) in [6.07, 6.45) is -0.216. The van der Waals surface area contributed by atoms with Gasteiger partial charge in [0.25, 0.3) is 5.91 Å². The number of sulfonamides is 1. The van der Waals surface area contributed by atoms with Gasteiger partial charge in [-0.25, -0.2) is 13.1 Å². The average molecular weight is 524 g/mol. The number of fused-ring (bicyclic) bond motifs is 3. The maximum absolute atomic E-state index is 12.4. The molecule has 9 nitrogen and oxygen atoms in total. The summed E-state index contributed by atoms with van der Waals surface area (Å²) in [5, 5.41) is 4.86. The molecule has 0 aliphatic heterocycles. The zero-order chi connectivity index (χ0) is 26.4. The van der Waals surface area contributed by atoms with Gasteiger partial charge in [-0.1, -0.05) is 18.2 Å². The summed E-state index contributed by atoms with van der Waals surface area (Å²) < 4.78 is 39.6. The normalized spacial score (nSPS) is 11.5. The second-order valence-electron chi connectivity index (χ2n) is 8.25. The van der Waals surface area contributed by atoms with Crippen molar-refractivity contribution in [3.63, 3.8) is 0 Å². The molecule has 4 aromatic rings. The van der Waals surface area contributed by atoms with Gasteiger partial charge in [0.15, 0.2) is 6.61 Å². The van der Waals surface area contributed by atoms with E-state index >= 15 is 0 Å². The van der Waals surface area contributed by atoms with E-state index in [1.54, 1.807) is 12.1 Å². The molecule has 0 bridgehead atoms. The first-order chi connectivity index (χ1) is 17.8. The molecule has 0 aliphatic rings. The Hall–Kier alpha value is -3.89. The molecule has 1 heterocycles. The molecule has 1 aromatic heterocycles. The fraction of sp³-hybridized carbons (Fsp3) is 0.259. The van der Waals surface area contributed by atoms with Crippen LogP contribution in [0.2, 0.25) is 0 Å². The Bertz CT molecular complexity index is 1530. The summed E-state index contributed by atoms with van der Waals surface area (Å²) in [7, 11) is -3.79. The minimum absolute atomic E-state index is 0.0581. The number of nitrogens with zero attached hydrogens (tertiary/aromatic N) is 1. The molecule has 0 spiro atoms. The van der Waals surface area contributed by atoms with E-state index in [2.05, 4.69) is 27.6 Å². The van der Waals surface area contributed by atoms with Gasteiger partial charge in [-0.15, -0.1) is 0 Å². The van der Waals surface area contributed by atoms with Gasteiger partial charge in [-0.2, -0.15) is 0 Å². The van der Waals surface area contributed by atoms with Gasteiger partial charge >= 0.3 is 5.97 Å². The molecule has 0 saturated heterocycles. The number of hydrogen-bond donors (Lipinski definition) is 2. The van der Waals surface area contributed by atoms with Crippen LogP contribution in [-0.2, 0) is 30.9 Å². The van der Waals surface area contributed by atoms with Gasteiger partial charge in [0, 0.05) is 40.6 Å². The molecule has 10 heteroatoms. The molecule has 0 saturated carbocycles. The molecule has 0 fully saturated rings. The first kappa shape index (κ1) is 26.2. The van der Waals surface area contributed by atoms with Crippen LogP contribution in [0.5, 0.6) is 5.75 Å². The molecule has 194 valence electrons. The van der Waals surface area contributed by atoms with Gasteiger partial charge < -0.3 is 19.4 Å². The molecule has 37 heavy (non-hydrogen) atoms. The number of amides is 1. The second kappa shape index (κ2) is 11.4. The van der Waals surface area contributed by atoms with Crippen LogP contribution in [0.1, 0.15) is 20.3 Å². The third kappa shape index (κ3) is 6.10. The van der Waals surface area contributed by atoms with E-state index in [0.717, 1.165) is 28.4 Å². The van der Waals surface area contributed by atoms with E-state index in [9.17, 15) is 18.0 Å². The number of hydrogen-bond acceptors (Lipinski definition) is 6. The van der Waals surface area contributed by atoms with Crippen molar-refractivity contribution in [3.8, 4) is 5.75 Å². The lowest BCUT2D eigenvalue weighted by molar-refractivity contribution is -0.147. The number of ether oxygens (including phenoxy) is 2. The molecule has 2 N–H and O–H groups in total. The van der Waals surface area contributed by atoms with Crippen LogP contribution < -0.4 is 14.8 Å². The zero-order valence-electron chi connectivity index (χ0n) is 20.7. The minimum atomic E-state index is -3.79. The fourth-order valence-electron chi connectivity index (χ4n) is 4.14. The molecular weight excluding hydrogens is 494 g/mol. The summed E-state index contributed by atoms with van der Waals surface area (Å²) in [5.74, 6) is -0.608. The Labute approximate surface area is 215 Å². The van der Waals surface area contributed by atoms with Gasteiger partial charge in [-0.3, -0.25) is 9.59 Å². The predicted octanol–water partition coefficient (Wildman–Crippen LogP) is 4.06. The van der Waals surface area contributed by atoms with Crippen molar-refractivity contribution in [3.05, 3.63) is 66.7 Å². The van der Waals surface area contributed by atoms with Crippen molar-refractivity contribution in [1.82, 2.24) is 9.29 Å². The van der Waals surface area contributed by atoms with Crippen molar-refractivity contribution >= 4 is 49.4 Å². The first-order valence-electron chi connectivity index (χ1n) is 12.0. The van der Waals surface area contributed by atoms with Crippen LogP contribution in [0.4, 0.5) is 5.69 Å². The number of carbonyl (C=O) groups excluding carboxylic acids is 2. The highest BCUT2D eigenvalue weighted by Gasteiger charge is 2.16. The molecule has 4 rings (SSSR count). The van der Waals surface area contributed by atoms with Gasteiger partial charge in [0.05, 0.1) is 17.9 Å². The van der Waals surface area contributed by atoms with Crippen LogP contribution in [0, 0.1) is 0 Å². The van der Waals surface area contributed by atoms with Crippen LogP contribution in [-0.4, -0.2) is 44.6 Å². The van der Waals surface area contributed by atoms with E-state index < -0.39 is 28.5 Å². The standard InChI is InChI=1S/C27H29N3O6S/c1-3-30-24-8-6-5-7-22(24)23-17-19(9-14-25(23)30)29-26(31)18-36-27(32)15-16-28-37(33,34)21-12-10-20(11-13-21)35-4-2/h5-14,17,28H,3-4,15-16,18H2,1-2H3,(H,29,31). The van der Waals surface area contributed by atoms with Crippen LogP contribution in [0.3, 0.4) is 0 Å². The van der Waals surface area contributed by atoms with Crippen molar-refractivity contribution < 1.29 is 27.5 Å². The van der Waals surface area contributed by atoms with Crippen molar-refractivity contribution in [2.24, 2.45) is 0 Å². The highest BCUT2D eigenvalue weighted by atomic mass is 32.2. The number of esters is 1. The number of benzene rings is 3. The van der Waals surface area contributed by atoms with Crippen molar-refractivity contribution in [2.45, 2.75) is 31.7 Å². The lowest BCUT2D eigenvalue weighted by atomic mass is 10.1. The number of anilines is 1. The van der Waals surface area contributed by atoms with E-state index in [1.165, 1.54) is 12.1 Å². The maximum atomic E-state index is 12.4. The smallest absolute Gasteiger partial charge is 0.307 e. The van der Waals surface area contributed by atoms with Gasteiger partial charge in [0.1, 0.15) is 5.75 Å². The van der Waals surface area contributed by atoms with Gasteiger partial charge in [0.2, 0.25) is 10.0 Å². The monoisotopic (exact) mass is 523 g/mol. The number of aryl methyl sites for hydroxylation is 1. The molecule has 3 aromatic carbocycles. The van der Waals surface area contributed by atoms with Crippen molar-refractivity contribution in [1.29, 1.82) is 0 Å². The first-order valence-corrected chi connectivity index (χ1v) is 13.5. The van der Waals surface area contributed by atoms with Crippen LogP contribution in [0.15, 0.2) is 71.6 Å². The third-order valence-corrected chi connectivity index (χ3v) is 7.28. The molecule has 0 radical (unpaired) electrons. The fourth-order valence-corrected chi connectivity index (χ4v) is 5.17. The third-order valence-electron chi connectivity index (χ3n) is 5.80. The zero-order valence-corrected chi connectivity index (χ0v) is 21.5. The molecular formula is C27H29N3O6S. The molecule has 0 aliphatic carbocycles. The summed E-state index contributed by atoms with van der Waals surface area (Å²) in [6.45, 7) is 4.58. The number of aromatic nitrogens is 1. The summed E-state index contributed by atoms with van der Waals surface area (Å²) in [4.78, 5) is 24.5. The number of rotatable bonds is 11. The Kier molecular flexibility index (Phi) is 8.10. The van der Waals surface area contributed by atoms with E-state index in [-0.39, 0.29) is 17.9 Å². The summed E-state index contributed by atoms with van der Waals surface area (Å²) in [5.41, 5.74) is 2.78. The summed E-state index contributed by atoms with van der Waals surface area (Å²) in [6, 6.07) is 19.7. The SMILES string of the molecule is CCOc1ccc(S(=O)(=O)NCCC(=O)OCC(=O)Nc2ccc3c(c2)c2ccccc2n3CC)cc1. The second-order valence-corrected chi connectivity index (χ2v) is 10.0. The number of nitrogens with one attached hydrogen (secondary N) is 2. The minimum Gasteiger partial charge on any atom is -0.494 e. The maximum Gasteiger partial charge on any atom is 0.307 e. The Morgan fingerprint density at radius 1 is 0.919 bits per heavy atom. The number of carbonyl (C=O) groups is 2. The van der Waals surface area contributed by atoms with E-state index in [1.807, 2.05) is 43.3 Å². The Morgan fingerprint density at radius 3 is 2.38 bits per heavy atom. The molecule has 0 atom stereocenters. The highest BCUT2D eigenvalue weighted by Crippen LogP contribution is 2.31. The molecule has 1 amide bonds.